The molecule has 2 aliphatic rings. The van der Waals surface area contributed by atoms with Crippen LogP contribution in [0.2, 0.25) is 0 Å². The standard InChI is InChI=1S/C18H31NO4/c1-4-18(2,3)16(20)22-14-8-10-15(11-9-14)23-17(21)19-12-6-5-7-13-19/h14-15H,4-13H2,1-3H3. The van der Waals surface area contributed by atoms with Gasteiger partial charge in [0.25, 0.3) is 0 Å². The van der Waals surface area contributed by atoms with Crippen molar-refractivity contribution in [3.05, 3.63) is 0 Å². The van der Waals surface area contributed by atoms with Crippen molar-refractivity contribution in [1.29, 1.82) is 0 Å². The van der Waals surface area contributed by atoms with Gasteiger partial charge in [0.1, 0.15) is 12.2 Å². The molecule has 0 aromatic rings. The molecule has 1 aliphatic heterocycles. The van der Waals surface area contributed by atoms with Crippen LogP contribution < -0.4 is 0 Å². The molecule has 5 heteroatoms. The average molecular weight is 325 g/mol. The zero-order valence-corrected chi connectivity index (χ0v) is 14.8. The van der Waals surface area contributed by atoms with Crippen molar-refractivity contribution in [3.8, 4) is 0 Å². The van der Waals surface area contributed by atoms with E-state index in [0.717, 1.165) is 58.0 Å². The third kappa shape index (κ3) is 5.11. The summed E-state index contributed by atoms with van der Waals surface area (Å²) in [5.74, 6) is -0.117. The number of hydrogen-bond donors (Lipinski definition) is 0. The quantitative estimate of drug-likeness (QED) is 0.736. The summed E-state index contributed by atoms with van der Waals surface area (Å²) < 4.78 is 11.2. The fourth-order valence-electron chi connectivity index (χ4n) is 3.02. The lowest BCUT2D eigenvalue weighted by molar-refractivity contribution is -0.162. The lowest BCUT2D eigenvalue weighted by atomic mass is 9.90. The van der Waals surface area contributed by atoms with Crippen LogP contribution in [0.25, 0.3) is 0 Å². The minimum atomic E-state index is -0.419. The number of amides is 1. The average Bonchev–Trinajstić information content (AvgIpc) is 2.57. The summed E-state index contributed by atoms with van der Waals surface area (Å²) in [7, 11) is 0. The number of hydrogen-bond acceptors (Lipinski definition) is 4. The van der Waals surface area contributed by atoms with Gasteiger partial charge in [0, 0.05) is 13.1 Å². The van der Waals surface area contributed by atoms with Crippen LogP contribution in [0.15, 0.2) is 0 Å². The summed E-state index contributed by atoms with van der Waals surface area (Å²) in [6.45, 7) is 7.47. The van der Waals surface area contributed by atoms with Gasteiger partial charge >= 0.3 is 12.1 Å². The van der Waals surface area contributed by atoms with Gasteiger partial charge in [-0.15, -0.1) is 0 Å². The largest absolute Gasteiger partial charge is 0.462 e. The van der Waals surface area contributed by atoms with Crippen molar-refractivity contribution >= 4 is 12.1 Å². The summed E-state index contributed by atoms with van der Waals surface area (Å²) in [5, 5.41) is 0. The minimum Gasteiger partial charge on any atom is -0.462 e. The zero-order chi connectivity index (χ0) is 16.9. The predicted molar refractivity (Wildman–Crippen MR) is 88.1 cm³/mol. The first kappa shape index (κ1) is 18.1. The van der Waals surface area contributed by atoms with Gasteiger partial charge in [-0.3, -0.25) is 4.79 Å². The Balaban J connectivity index is 1.71. The Morgan fingerprint density at radius 3 is 2.00 bits per heavy atom. The first-order chi connectivity index (χ1) is 10.9. The number of nitrogens with zero attached hydrogens (tertiary/aromatic N) is 1. The van der Waals surface area contributed by atoms with Crippen LogP contribution in [0.4, 0.5) is 4.79 Å². The molecule has 23 heavy (non-hydrogen) atoms. The molecule has 0 radical (unpaired) electrons. The lowest BCUT2D eigenvalue weighted by Gasteiger charge is -2.32. The summed E-state index contributed by atoms with van der Waals surface area (Å²) >= 11 is 0. The van der Waals surface area contributed by atoms with Crippen molar-refractivity contribution in [2.75, 3.05) is 13.1 Å². The van der Waals surface area contributed by atoms with Crippen molar-refractivity contribution in [3.63, 3.8) is 0 Å². The van der Waals surface area contributed by atoms with Crippen LogP contribution in [0.3, 0.4) is 0 Å². The molecule has 1 aliphatic carbocycles. The predicted octanol–water partition coefficient (Wildman–Crippen LogP) is 3.90. The maximum atomic E-state index is 12.1. The smallest absolute Gasteiger partial charge is 0.410 e. The zero-order valence-electron chi connectivity index (χ0n) is 14.8. The van der Waals surface area contributed by atoms with E-state index in [1.54, 1.807) is 0 Å². The molecule has 0 N–H and O–H groups in total. The van der Waals surface area contributed by atoms with Gasteiger partial charge in [0.2, 0.25) is 0 Å². The van der Waals surface area contributed by atoms with Gasteiger partial charge in [-0.05, 0) is 65.2 Å². The molecule has 132 valence electrons. The van der Waals surface area contributed by atoms with E-state index in [1.807, 2.05) is 25.7 Å². The lowest BCUT2D eigenvalue weighted by Crippen LogP contribution is -2.39. The maximum Gasteiger partial charge on any atom is 0.410 e. The van der Waals surface area contributed by atoms with Gasteiger partial charge in [-0.25, -0.2) is 4.79 Å². The number of carbonyl (C=O) groups is 2. The Morgan fingerprint density at radius 1 is 0.957 bits per heavy atom. The third-order valence-electron chi connectivity index (χ3n) is 5.21. The number of rotatable bonds is 4. The Morgan fingerprint density at radius 2 is 1.48 bits per heavy atom. The first-order valence-corrected chi connectivity index (χ1v) is 9.09. The van der Waals surface area contributed by atoms with Crippen molar-refractivity contribution < 1.29 is 19.1 Å². The van der Waals surface area contributed by atoms with Crippen molar-refractivity contribution in [1.82, 2.24) is 4.90 Å². The maximum absolute atomic E-state index is 12.1. The molecule has 2 rings (SSSR count). The summed E-state index contributed by atoms with van der Waals surface area (Å²) in [6.07, 6.45) is 7.02. The van der Waals surface area contributed by atoms with E-state index < -0.39 is 5.41 Å². The molecular formula is C18H31NO4. The first-order valence-electron chi connectivity index (χ1n) is 9.09. The Kier molecular flexibility index (Phi) is 6.31. The highest BCUT2D eigenvalue weighted by molar-refractivity contribution is 5.76. The molecule has 5 nitrogen and oxygen atoms in total. The molecule has 1 heterocycles. The van der Waals surface area contributed by atoms with E-state index in [0.29, 0.717) is 0 Å². The summed E-state index contributed by atoms with van der Waals surface area (Å²) in [6, 6.07) is 0. The number of carbonyl (C=O) groups excluding carboxylic acids is 2. The second-order valence-electron chi connectivity index (χ2n) is 7.47. The highest BCUT2D eigenvalue weighted by atomic mass is 16.6. The fraction of sp³-hybridized carbons (Fsp3) is 0.889. The summed E-state index contributed by atoms with van der Waals surface area (Å²) in [4.78, 5) is 26.0. The van der Waals surface area contributed by atoms with Crippen molar-refractivity contribution in [2.24, 2.45) is 5.41 Å². The van der Waals surface area contributed by atoms with Crippen LogP contribution in [0, 0.1) is 5.41 Å². The van der Waals surface area contributed by atoms with Gasteiger partial charge in [0.15, 0.2) is 0 Å². The normalized spacial score (nSPS) is 25.8. The highest BCUT2D eigenvalue weighted by Gasteiger charge is 2.32. The SMILES string of the molecule is CCC(C)(C)C(=O)OC1CCC(OC(=O)N2CCCCC2)CC1. The Hall–Kier alpha value is -1.26. The molecule has 1 amide bonds. The molecule has 0 aromatic heterocycles. The topological polar surface area (TPSA) is 55.8 Å². The van der Waals surface area contributed by atoms with E-state index in [9.17, 15) is 9.59 Å². The van der Waals surface area contributed by atoms with E-state index in [4.69, 9.17) is 9.47 Å². The molecule has 1 saturated carbocycles. The second-order valence-corrected chi connectivity index (χ2v) is 7.47. The van der Waals surface area contributed by atoms with Crippen LogP contribution in [-0.2, 0) is 14.3 Å². The number of esters is 1. The van der Waals surface area contributed by atoms with Crippen LogP contribution in [0.5, 0.6) is 0 Å². The van der Waals surface area contributed by atoms with Gasteiger partial charge < -0.3 is 14.4 Å². The fourth-order valence-corrected chi connectivity index (χ4v) is 3.02. The van der Waals surface area contributed by atoms with E-state index >= 15 is 0 Å². The Bertz CT molecular complexity index is 407. The van der Waals surface area contributed by atoms with Crippen LogP contribution in [0.1, 0.15) is 72.1 Å². The van der Waals surface area contributed by atoms with Crippen LogP contribution >= 0.6 is 0 Å². The molecule has 0 aromatic carbocycles. The van der Waals surface area contributed by atoms with Crippen molar-refractivity contribution in [2.45, 2.75) is 84.3 Å². The minimum absolute atomic E-state index is 0.0291. The molecule has 0 unspecified atom stereocenters. The number of piperidine rings is 1. The highest BCUT2D eigenvalue weighted by Crippen LogP contribution is 2.28. The van der Waals surface area contributed by atoms with E-state index in [2.05, 4.69) is 0 Å². The third-order valence-corrected chi connectivity index (χ3v) is 5.21. The molecule has 0 bridgehead atoms. The van der Waals surface area contributed by atoms with E-state index in [-0.39, 0.29) is 24.3 Å². The number of likely N-dealkylation sites (tertiary alicyclic amines) is 1. The molecule has 0 spiro atoms. The number of ether oxygens (including phenoxy) is 2. The van der Waals surface area contributed by atoms with Gasteiger partial charge in [-0.2, -0.15) is 0 Å². The second kappa shape index (κ2) is 8.02. The molecule has 0 atom stereocenters. The molecular weight excluding hydrogens is 294 g/mol. The van der Waals surface area contributed by atoms with Gasteiger partial charge in [0.05, 0.1) is 5.41 Å². The Labute approximate surface area is 139 Å². The van der Waals surface area contributed by atoms with E-state index in [1.165, 1.54) is 6.42 Å². The van der Waals surface area contributed by atoms with Gasteiger partial charge in [-0.1, -0.05) is 6.92 Å². The van der Waals surface area contributed by atoms with Crippen LogP contribution in [-0.4, -0.2) is 42.3 Å². The summed E-state index contributed by atoms with van der Waals surface area (Å²) in [5.41, 5.74) is -0.419. The monoisotopic (exact) mass is 325 g/mol. The molecule has 1 saturated heterocycles. The molecule has 2 fully saturated rings.